The molecule has 0 amide bonds. The van der Waals surface area contributed by atoms with Gasteiger partial charge in [0.15, 0.2) is 0 Å². The van der Waals surface area contributed by atoms with E-state index in [0.717, 1.165) is 49.8 Å². The van der Waals surface area contributed by atoms with Crippen molar-refractivity contribution in [3.63, 3.8) is 0 Å². The summed E-state index contributed by atoms with van der Waals surface area (Å²) in [6, 6.07) is 4.15. The summed E-state index contributed by atoms with van der Waals surface area (Å²) < 4.78 is 6.49. The Morgan fingerprint density at radius 1 is 1.00 bits per heavy atom. The fourth-order valence-electron chi connectivity index (χ4n) is 5.64. The number of ether oxygens (including phenoxy) is 1. The van der Waals surface area contributed by atoms with Crippen LogP contribution in [0.1, 0.15) is 115 Å². The van der Waals surface area contributed by atoms with Gasteiger partial charge in [-0.1, -0.05) is 46.0 Å². The van der Waals surface area contributed by atoms with Crippen LogP contribution in [-0.2, 0) is 6.42 Å². The number of aliphatic hydroxyl groups is 1. The van der Waals surface area contributed by atoms with Crippen LogP contribution in [0.2, 0.25) is 0 Å². The SMILES string of the molecule is CCCCCCCCc1cc(O)c2c(c1)OC(C)(C)[C@H]1CCC(O)(CC)CC[C@@H]21. The van der Waals surface area contributed by atoms with Crippen molar-refractivity contribution in [3.8, 4) is 11.5 Å². The van der Waals surface area contributed by atoms with Crippen molar-refractivity contribution in [3.05, 3.63) is 23.3 Å². The van der Waals surface area contributed by atoms with E-state index in [1.807, 2.05) is 6.07 Å². The Balaban J connectivity index is 1.77. The molecule has 3 nitrogen and oxygen atoms in total. The molecule has 1 aromatic carbocycles. The van der Waals surface area contributed by atoms with Gasteiger partial charge in [-0.05, 0) is 82.4 Å². The molecule has 0 bridgehead atoms. The number of hydrogen-bond acceptors (Lipinski definition) is 3. The smallest absolute Gasteiger partial charge is 0.127 e. The molecule has 1 heterocycles. The molecule has 0 aromatic heterocycles. The molecule has 164 valence electrons. The van der Waals surface area contributed by atoms with Crippen LogP contribution in [0.15, 0.2) is 12.1 Å². The summed E-state index contributed by atoms with van der Waals surface area (Å²) in [5.74, 6) is 1.86. The molecule has 1 fully saturated rings. The number of phenolic OH excluding ortho intramolecular Hbond substituents is 1. The number of benzene rings is 1. The van der Waals surface area contributed by atoms with Gasteiger partial charge in [0.25, 0.3) is 0 Å². The number of aromatic hydroxyl groups is 1. The van der Waals surface area contributed by atoms with Crippen LogP contribution in [0.5, 0.6) is 11.5 Å². The van der Waals surface area contributed by atoms with Gasteiger partial charge in [-0.3, -0.25) is 0 Å². The third-order valence-electron chi connectivity index (χ3n) is 7.62. The van der Waals surface area contributed by atoms with Gasteiger partial charge in [-0.2, -0.15) is 0 Å². The van der Waals surface area contributed by atoms with Gasteiger partial charge < -0.3 is 14.9 Å². The summed E-state index contributed by atoms with van der Waals surface area (Å²) in [4.78, 5) is 0. The number of hydrogen-bond donors (Lipinski definition) is 2. The number of phenols is 1. The summed E-state index contributed by atoms with van der Waals surface area (Å²) >= 11 is 0. The molecule has 1 aliphatic heterocycles. The molecule has 1 aliphatic carbocycles. The van der Waals surface area contributed by atoms with Crippen LogP contribution >= 0.6 is 0 Å². The van der Waals surface area contributed by atoms with E-state index in [9.17, 15) is 10.2 Å². The van der Waals surface area contributed by atoms with Gasteiger partial charge in [0.2, 0.25) is 0 Å². The van der Waals surface area contributed by atoms with Crippen LogP contribution in [-0.4, -0.2) is 21.4 Å². The standard InChI is InChI=1S/C26H42O3/c1-5-7-8-9-10-11-12-19-17-22(27)24-20-13-15-26(28,6-2)16-14-21(20)25(3,4)29-23(24)18-19/h17-18,20-21,27-28H,5-16H2,1-4H3/t20-,21+,26?/m1/s1. The van der Waals surface area contributed by atoms with Crippen molar-refractivity contribution in [1.82, 2.24) is 0 Å². The number of fused-ring (bicyclic) bond motifs is 3. The van der Waals surface area contributed by atoms with E-state index >= 15 is 0 Å². The predicted octanol–water partition coefficient (Wildman–Crippen LogP) is 6.88. The lowest BCUT2D eigenvalue weighted by molar-refractivity contribution is -0.00259. The lowest BCUT2D eigenvalue weighted by Gasteiger charge is -2.45. The van der Waals surface area contributed by atoms with Crippen LogP contribution in [0.3, 0.4) is 0 Å². The number of unbranched alkanes of at least 4 members (excludes halogenated alkanes) is 5. The van der Waals surface area contributed by atoms with E-state index in [2.05, 4.69) is 33.8 Å². The first-order chi connectivity index (χ1) is 13.8. The normalized spacial score (nSPS) is 28.2. The third-order valence-corrected chi connectivity index (χ3v) is 7.62. The molecule has 1 aromatic rings. The predicted molar refractivity (Wildman–Crippen MR) is 120 cm³/mol. The van der Waals surface area contributed by atoms with Gasteiger partial charge in [0, 0.05) is 11.5 Å². The highest BCUT2D eigenvalue weighted by atomic mass is 16.5. The Morgan fingerprint density at radius 3 is 2.41 bits per heavy atom. The average Bonchev–Trinajstić information content (AvgIpc) is 2.84. The van der Waals surface area contributed by atoms with Gasteiger partial charge >= 0.3 is 0 Å². The molecule has 3 atom stereocenters. The minimum absolute atomic E-state index is 0.261. The minimum atomic E-state index is -0.569. The summed E-state index contributed by atoms with van der Waals surface area (Å²) in [5, 5.41) is 21.9. The van der Waals surface area contributed by atoms with Crippen molar-refractivity contribution < 1.29 is 14.9 Å². The molecule has 0 spiro atoms. The van der Waals surface area contributed by atoms with Crippen LogP contribution < -0.4 is 4.74 Å². The van der Waals surface area contributed by atoms with E-state index in [-0.39, 0.29) is 11.5 Å². The van der Waals surface area contributed by atoms with Crippen molar-refractivity contribution in [2.75, 3.05) is 0 Å². The van der Waals surface area contributed by atoms with Crippen LogP contribution in [0.4, 0.5) is 0 Å². The molecule has 1 saturated carbocycles. The zero-order valence-corrected chi connectivity index (χ0v) is 19.1. The Bertz CT molecular complexity index is 681. The zero-order valence-electron chi connectivity index (χ0n) is 19.1. The summed E-state index contributed by atoms with van der Waals surface area (Å²) in [6.07, 6.45) is 13.0. The molecule has 29 heavy (non-hydrogen) atoms. The largest absolute Gasteiger partial charge is 0.508 e. The molecule has 0 saturated heterocycles. The fraction of sp³-hybridized carbons (Fsp3) is 0.769. The maximum absolute atomic E-state index is 11.0. The molecule has 3 rings (SSSR count). The van der Waals surface area contributed by atoms with E-state index in [1.54, 1.807) is 0 Å². The highest BCUT2D eigenvalue weighted by Gasteiger charge is 2.47. The first-order valence-corrected chi connectivity index (χ1v) is 12.1. The van der Waals surface area contributed by atoms with E-state index in [0.29, 0.717) is 11.7 Å². The maximum atomic E-state index is 11.0. The second-order valence-electron chi connectivity index (χ2n) is 10.1. The Hall–Kier alpha value is -1.22. The van der Waals surface area contributed by atoms with Gasteiger partial charge in [-0.15, -0.1) is 0 Å². The van der Waals surface area contributed by atoms with E-state index in [1.165, 1.54) is 44.1 Å². The average molecular weight is 403 g/mol. The van der Waals surface area contributed by atoms with Crippen molar-refractivity contribution >= 4 is 0 Å². The van der Waals surface area contributed by atoms with Crippen molar-refractivity contribution in [1.29, 1.82) is 0 Å². The second kappa shape index (κ2) is 9.29. The first-order valence-electron chi connectivity index (χ1n) is 12.1. The lowest BCUT2D eigenvalue weighted by atomic mass is 9.71. The Morgan fingerprint density at radius 2 is 1.69 bits per heavy atom. The molecule has 2 N–H and O–H groups in total. The molecular weight excluding hydrogens is 360 g/mol. The molecular formula is C26H42O3. The summed E-state index contributed by atoms with van der Waals surface area (Å²) in [6.45, 7) is 8.69. The van der Waals surface area contributed by atoms with E-state index < -0.39 is 5.60 Å². The van der Waals surface area contributed by atoms with Crippen molar-refractivity contribution in [2.24, 2.45) is 5.92 Å². The van der Waals surface area contributed by atoms with Gasteiger partial charge in [-0.25, -0.2) is 0 Å². The number of rotatable bonds is 8. The van der Waals surface area contributed by atoms with Crippen molar-refractivity contribution in [2.45, 2.75) is 122 Å². The molecule has 0 radical (unpaired) electrons. The van der Waals surface area contributed by atoms with Gasteiger partial charge in [0.05, 0.1) is 5.60 Å². The van der Waals surface area contributed by atoms with Crippen LogP contribution in [0.25, 0.3) is 0 Å². The number of aryl methyl sites for hydroxylation is 1. The molecule has 3 heteroatoms. The Kier molecular flexibility index (Phi) is 7.19. The minimum Gasteiger partial charge on any atom is -0.508 e. The fourth-order valence-corrected chi connectivity index (χ4v) is 5.64. The zero-order chi connectivity index (χ0) is 21.1. The Labute approximate surface area is 177 Å². The summed E-state index contributed by atoms with van der Waals surface area (Å²) in [7, 11) is 0. The third kappa shape index (κ3) is 5.10. The van der Waals surface area contributed by atoms with E-state index in [4.69, 9.17) is 4.74 Å². The highest BCUT2D eigenvalue weighted by Crippen LogP contribution is 2.55. The highest BCUT2D eigenvalue weighted by molar-refractivity contribution is 5.52. The molecule has 1 unspecified atom stereocenters. The van der Waals surface area contributed by atoms with Gasteiger partial charge in [0.1, 0.15) is 17.1 Å². The maximum Gasteiger partial charge on any atom is 0.127 e. The molecule has 2 aliphatic rings. The topological polar surface area (TPSA) is 49.7 Å². The lowest BCUT2D eigenvalue weighted by Crippen LogP contribution is -2.44. The first kappa shape index (κ1) is 22.5. The summed E-state index contributed by atoms with van der Waals surface area (Å²) in [5.41, 5.74) is 1.33. The quantitative estimate of drug-likeness (QED) is 0.466. The second-order valence-corrected chi connectivity index (χ2v) is 10.1. The van der Waals surface area contributed by atoms with Crippen LogP contribution in [0, 0.1) is 5.92 Å². The monoisotopic (exact) mass is 402 g/mol.